The molecule has 0 fully saturated rings. The van der Waals surface area contributed by atoms with Crippen molar-refractivity contribution in [3.63, 3.8) is 0 Å². The number of nitro benzene ring substituents is 1. The number of rotatable bonds is 5. The van der Waals surface area contributed by atoms with E-state index in [1.165, 1.54) is 24.4 Å². The second kappa shape index (κ2) is 7.36. The highest BCUT2D eigenvalue weighted by atomic mass is 16.6. The quantitative estimate of drug-likeness (QED) is 0.520. The van der Waals surface area contributed by atoms with E-state index in [9.17, 15) is 14.9 Å². The third kappa shape index (κ3) is 4.16. The normalized spacial score (nSPS) is 10.6. The molecule has 0 spiro atoms. The minimum Gasteiger partial charge on any atom is -0.378 e. The summed E-state index contributed by atoms with van der Waals surface area (Å²) in [6.07, 6.45) is 1.51. The van der Waals surface area contributed by atoms with Crippen LogP contribution in [0.25, 0.3) is 0 Å². The minimum atomic E-state index is -0.512. The minimum absolute atomic E-state index is 0.0918. The number of amides is 1. The first-order valence-electron chi connectivity index (χ1n) is 7.24. The third-order valence-corrected chi connectivity index (χ3v) is 3.46. The molecule has 0 aliphatic carbocycles. The Labute approximate surface area is 139 Å². The van der Waals surface area contributed by atoms with E-state index >= 15 is 0 Å². The molecule has 1 N–H and O–H groups in total. The van der Waals surface area contributed by atoms with Gasteiger partial charge in [-0.15, -0.1) is 0 Å². The van der Waals surface area contributed by atoms with Crippen molar-refractivity contribution in [1.29, 1.82) is 0 Å². The number of anilines is 1. The molecule has 1 amide bonds. The second-order valence-corrected chi connectivity index (χ2v) is 5.44. The average Bonchev–Trinajstić information content (AvgIpc) is 2.55. The highest BCUT2D eigenvalue weighted by Gasteiger charge is 2.14. The van der Waals surface area contributed by atoms with Gasteiger partial charge in [-0.05, 0) is 30.7 Å². The molecule has 7 nitrogen and oxygen atoms in total. The first-order chi connectivity index (χ1) is 11.4. The van der Waals surface area contributed by atoms with Gasteiger partial charge in [0, 0.05) is 37.0 Å². The van der Waals surface area contributed by atoms with E-state index in [1.54, 1.807) is 6.92 Å². The molecule has 7 heteroatoms. The van der Waals surface area contributed by atoms with E-state index in [2.05, 4.69) is 10.5 Å². The number of hydrogen-bond acceptors (Lipinski definition) is 5. The van der Waals surface area contributed by atoms with Gasteiger partial charge >= 0.3 is 0 Å². The van der Waals surface area contributed by atoms with E-state index in [4.69, 9.17) is 0 Å². The fraction of sp³-hybridized carbons (Fsp3) is 0.176. The molecule has 0 bridgehead atoms. The van der Waals surface area contributed by atoms with Crippen molar-refractivity contribution in [3.8, 4) is 0 Å². The SMILES string of the molecule is Cc1ccc(C(=O)NN=Cc2ccc(N(C)C)cc2)cc1[N+](=O)[O-]. The van der Waals surface area contributed by atoms with Crippen molar-refractivity contribution in [2.45, 2.75) is 6.92 Å². The lowest BCUT2D eigenvalue weighted by Gasteiger charge is -2.11. The summed E-state index contributed by atoms with van der Waals surface area (Å²) in [4.78, 5) is 24.4. The number of hydrazone groups is 1. The molecule has 0 aromatic heterocycles. The van der Waals surface area contributed by atoms with Gasteiger partial charge in [0.05, 0.1) is 11.1 Å². The summed E-state index contributed by atoms with van der Waals surface area (Å²) in [5.41, 5.74) is 4.85. The number of carbonyl (C=O) groups is 1. The lowest BCUT2D eigenvalue weighted by atomic mass is 10.1. The van der Waals surface area contributed by atoms with Gasteiger partial charge in [0.1, 0.15) is 0 Å². The lowest BCUT2D eigenvalue weighted by molar-refractivity contribution is -0.385. The Bertz CT molecular complexity index is 783. The van der Waals surface area contributed by atoms with E-state index < -0.39 is 10.8 Å². The van der Waals surface area contributed by atoms with Crippen molar-refractivity contribution in [2.75, 3.05) is 19.0 Å². The number of nitrogens with zero attached hydrogens (tertiary/aromatic N) is 3. The smallest absolute Gasteiger partial charge is 0.273 e. The molecule has 0 aliphatic rings. The number of nitrogens with one attached hydrogen (secondary N) is 1. The van der Waals surface area contributed by atoms with Gasteiger partial charge in [-0.2, -0.15) is 5.10 Å². The van der Waals surface area contributed by atoms with Crippen LogP contribution in [0.5, 0.6) is 0 Å². The van der Waals surface area contributed by atoms with Crippen LogP contribution in [0.2, 0.25) is 0 Å². The molecule has 2 aromatic carbocycles. The molecular weight excluding hydrogens is 308 g/mol. The molecular formula is C17H18N4O3. The van der Waals surface area contributed by atoms with Gasteiger partial charge in [-0.25, -0.2) is 5.43 Å². The lowest BCUT2D eigenvalue weighted by Crippen LogP contribution is -2.17. The van der Waals surface area contributed by atoms with Crippen molar-refractivity contribution < 1.29 is 9.72 Å². The van der Waals surface area contributed by atoms with Gasteiger partial charge < -0.3 is 4.90 Å². The summed E-state index contributed by atoms with van der Waals surface area (Å²) in [6.45, 7) is 1.62. The summed E-state index contributed by atoms with van der Waals surface area (Å²) in [6, 6.07) is 11.9. The summed E-state index contributed by atoms with van der Waals surface area (Å²) < 4.78 is 0. The van der Waals surface area contributed by atoms with Crippen molar-refractivity contribution in [3.05, 3.63) is 69.3 Å². The zero-order valence-corrected chi connectivity index (χ0v) is 13.7. The van der Waals surface area contributed by atoms with Crippen molar-refractivity contribution in [1.82, 2.24) is 5.43 Å². The van der Waals surface area contributed by atoms with Crippen LogP contribution in [0.4, 0.5) is 11.4 Å². The number of hydrogen-bond donors (Lipinski definition) is 1. The number of aryl methyl sites for hydroxylation is 1. The predicted octanol–water partition coefficient (Wildman–Crippen LogP) is 2.73. The summed E-state index contributed by atoms with van der Waals surface area (Å²) in [7, 11) is 3.90. The molecule has 124 valence electrons. The van der Waals surface area contributed by atoms with E-state index in [0.717, 1.165) is 11.3 Å². The van der Waals surface area contributed by atoms with Crippen LogP contribution in [0.15, 0.2) is 47.6 Å². The molecule has 0 saturated carbocycles. The van der Waals surface area contributed by atoms with Crippen LogP contribution < -0.4 is 10.3 Å². The zero-order chi connectivity index (χ0) is 17.7. The number of carbonyl (C=O) groups excluding carboxylic acids is 1. The van der Waals surface area contributed by atoms with E-state index in [-0.39, 0.29) is 11.3 Å². The molecule has 2 aromatic rings. The monoisotopic (exact) mass is 326 g/mol. The van der Waals surface area contributed by atoms with Gasteiger partial charge in [0.2, 0.25) is 0 Å². The van der Waals surface area contributed by atoms with Gasteiger partial charge in [-0.3, -0.25) is 14.9 Å². The van der Waals surface area contributed by atoms with Crippen molar-refractivity contribution in [2.24, 2.45) is 5.10 Å². The molecule has 24 heavy (non-hydrogen) atoms. The highest BCUT2D eigenvalue weighted by molar-refractivity contribution is 5.95. The first kappa shape index (κ1) is 17.1. The highest BCUT2D eigenvalue weighted by Crippen LogP contribution is 2.19. The third-order valence-electron chi connectivity index (χ3n) is 3.46. The van der Waals surface area contributed by atoms with Gasteiger partial charge in [-0.1, -0.05) is 18.2 Å². The van der Waals surface area contributed by atoms with Crippen LogP contribution >= 0.6 is 0 Å². The Kier molecular flexibility index (Phi) is 5.26. The van der Waals surface area contributed by atoms with Gasteiger partial charge in [0.15, 0.2) is 0 Å². The Balaban J connectivity index is 2.05. The molecule has 0 radical (unpaired) electrons. The summed E-state index contributed by atoms with van der Waals surface area (Å²) >= 11 is 0. The topological polar surface area (TPSA) is 87.8 Å². The van der Waals surface area contributed by atoms with Crippen LogP contribution in [-0.2, 0) is 0 Å². The maximum Gasteiger partial charge on any atom is 0.273 e. The molecule has 0 heterocycles. The maximum absolute atomic E-state index is 12.0. The van der Waals surface area contributed by atoms with E-state index in [1.807, 2.05) is 43.3 Å². The Hall–Kier alpha value is -3.22. The van der Waals surface area contributed by atoms with Crippen LogP contribution in [0, 0.1) is 17.0 Å². The molecule has 0 unspecified atom stereocenters. The predicted molar refractivity (Wildman–Crippen MR) is 93.7 cm³/mol. The van der Waals surface area contributed by atoms with E-state index in [0.29, 0.717) is 5.56 Å². The molecule has 0 atom stereocenters. The first-order valence-corrected chi connectivity index (χ1v) is 7.24. The average molecular weight is 326 g/mol. The number of benzene rings is 2. The summed E-state index contributed by atoms with van der Waals surface area (Å²) in [5.74, 6) is -0.501. The van der Waals surface area contributed by atoms with Crippen LogP contribution in [0.3, 0.4) is 0 Å². The van der Waals surface area contributed by atoms with Crippen LogP contribution in [0.1, 0.15) is 21.5 Å². The Morgan fingerprint density at radius 2 is 1.88 bits per heavy atom. The number of nitro groups is 1. The molecule has 0 aliphatic heterocycles. The molecule has 2 rings (SSSR count). The fourth-order valence-electron chi connectivity index (χ4n) is 2.04. The second-order valence-electron chi connectivity index (χ2n) is 5.44. The fourth-order valence-corrected chi connectivity index (χ4v) is 2.04. The summed E-state index contributed by atoms with van der Waals surface area (Å²) in [5, 5.41) is 14.8. The maximum atomic E-state index is 12.0. The van der Waals surface area contributed by atoms with Gasteiger partial charge in [0.25, 0.3) is 11.6 Å². The standard InChI is InChI=1S/C17H18N4O3/c1-12-4-7-14(10-16(12)21(23)24)17(22)19-18-11-13-5-8-15(9-6-13)20(2)3/h4-11H,1-3H3,(H,19,22). The molecule has 0 saturated heterocycles. The zero-order valence-electron chi connectivity index (χ0n) is 13.7. The largest absolute Gasteiger partial charge is 0.378 e. The Morgan fingerprint density at radius 1 is 1.21 bits per heavy atom. The Morgan fingerprint density at radius 3 is 2.46 bits per heavy atom. The van der Waals surface area contributed by atoms with Crippen LogP contribution in [-0.4, -0.2) is 31.1 Å². The van der Waals surface area contributed by atoms with Crippen molar-refractivity contribution >= 4 is 23.5 Å².